The minimum atomic E-state index is -0.125. The van der Waals surface area contributed by atoms with Crippen LogP contribution >= 0.6 is 15.9 Å². The lowest BCUT2D eigenvalue weighted by atomic mass is 10.2. The molecule has 0 spiro atoms. The molecule has 0 radical (unpaired) electrons. The predicted octanol–water partition coefficient (Wildman–Crippen LogP) is 2.58. The molecule has 110 valence electrons. The second-order valence-corrected chi connectivity index (χ2v) is 5.82. The van der Waals surface area contributed by atoms with Gasteiger partial charge >= 0.3 is 0 Å². The number of amides is 1. The molecule has 5 heteroatoms. The third kappa shape index (κ3) is 3.82. The monoisotopic (exact) mass is 348 g/mol. The SMILES string of the molecule is Cc1cccn(CC(=O)N(C)Cc2ccccc2Br)c1=O. The number of aryl methyl sites for hydroxylation is 1. The lowest BCUT2D eigenvalue weighted by molar-refractivity contribution is -0.131. The summed E-state index contributed by atoms with van der Waals surface area (Å²) >= 11 is 3.47. The second-order valence-electron chi connectivity index (χ2n) is 4.97. The van der Waals surface area contributed by atoms with Gasteiger partial charge in [-0.2, -0.15) is 0 Å². The number of rotatable bonds is 4. The second kappa shape index (κ2) is 6.72. The van der Waals surface area contributed by atoms with E-state index in [1.54, 1.807) is 37.2 Å². The van der Waals surface area contributed by atoms with Crippen molar-refractivity contribution in [2.45, 2.75) is 20.0 Å². The van der Waals surface area contributed by atoms with E-state index in [9.17, 15) is 9.59 Å². The fraction of sp³-hybridized carbons (Fsp3) is 0.250. The average Bonchev–Trinajstić information content (AvgIpc) is 2.46. The molecule has 1 amide bonds. The third-order valence-corrected chi connectivity index (χ3v) is 4.08. The maximum atomic E-state index is 12.2. The van der Waals surface area contributed by atoms with Gasteiger partial charge in [0, 0.05) is 29.8 Å². The molecule has 0 unspecified atom stereocenters. The number of halogens is 1. The van der Waals surface area contributed by atoms with Gasteiger partial charge in [-0.15, -0.1) is 0 Å². The summed E-state index contributed by atoms with van der Waals surface area (Å²) in [6, 6.07) is 11.3. The van der Waals surface area contributed by atoms with Crippen LogP contribution < -0.4 is 5.56 Å². The third-order valence-electron chi connectivity index (χ3n) is 3.31. The van der Waals surface area contributed by atoms with Gasteiger partial charge in [-0.1, -0.05) is 40.2 Å². The van der Waals surface area contributed by atoms with E-state index in [0.717, 1.165) is 10.0 Å². The molecule has 21 heavy (non-hydrogen) atoms. The maximum absolute atomic E-state index is 12.2. The molecule has 0 bridgehead atoms. The highest BCUT2D eigenvalue weighted by molar-refractivity contribution is 9.10. The van der Waals surface area contributed by atoms with Crippen LogP contribution in [-0.4, -0.2) is 22.4 Å². The number of carbonyl (C=O) groups excluding carboxylic acids is 1. The molecule has 0 saturated heterocycles. The number of aromatic nitrogens is 1. The zero-order valence-electron chi connectivity index (χ0n) is 12.0. The first-order valence-electron chi connectivity index (χ1n) is 6.62. The van der Waals surface area contributed by atoms with E-state index < -0.39 is 0 Å². The lowest BCUT2D eigenvalue weighted by Gasteiger charge is -2.18. The Labute approximate surface area is 132 Å². The topological polar surface area (TPSA) is 42.3 Å². The fourth-order valence-electron chi connectivity index (χ4n) is 2.02. The summed E-state index contributed by atoms with van der Waals surface area (Å²) in [5.74, 6) is -0.0987. The van der Waals surface area contributed by atoms with Gasteiger partial charge in [-0.3, -0.25) is 9.59 Å². The zero-order chi connectivity index (χ0) is 15.4. The Morgan fingerprint density at radius 2 is 1.95 bits per heavy atom. The quantitative estimate of drug-likeness (QED) is 0.852. The van der Waals surface area contributed by atoms with E-state index in [1.807, 2.05) is 24.3 Å². The molecule has 0 atom stereocenters. The number of carbonyl (C=O) groups is 1. The molecular weight excluding hydrogens is 332 g/mol. The molecule has 1 heterocycles. The van der Waals surface area contributed by atoms with Crippen LogP contribution in [0.15, 0.2) is 51.9 Å². The Bertz CT molecular complexity index is 709. The zero-order valence-corrected chi connectivity index (χ0v) is 13.6. The van der Waals surface area contributed by atoms with E-state index in [2.05, 4.69) is 15.9 Å². The minimum absolute atomic E-state index is 0.0570. The Morgan fingerprint density at radius 1 is 1.24 bits per heavy atom. The Morgan fingerprint density at radius 3 is 2.67 bits per heavy atom. The smallest absolute Gasteiger partial charge is 0.253 e. The van der Waals surface area contributed by atoms with Gasteiger partial charge in [-0.25, -0.2) is 0 Å². The van der Waals surface area contributed by atoms with Crippen molar-refractivity contribution in [1.29, 1.82) is 0 Å². The van der Waals surface area contributed by atoms with Gasteiger partial charge in [-0.05, 0) is 24.6 Å². The average molecular weight is 349 g/mol. The van der Waals surface area contributed by atoms with Crippen molar-refractivity contribution >= 4 is 21.8 Å². The van der Waals surface area contributed by atoms with Gasteiger partial charge < -0.3 is 9.47 Å². The molecule has 1 aromatic heterocycles. The van der Waals surface area contributed by atoms with Crippen LogP contribution in [0.2, 0.25) is 0 Å². The normalized spacial score (nSPS) is 10.4. The van der Waals surface area contributed by atoms with Crippen LogP contribution in [0.1, 0.15) is 11.1 Å². The highest BCUT2D eigenvalue weighted by Gasteiger charge is 2.12. The van der Waals surface area contributed by atoms with Gasteiger partial charge in [0.1, 0.15) is 6.54 Å². The summed E-state index contributed by atoms with van der Waals surface area (Å²) in [4.78, 5) is 25.8. The largest absolute Gasteiger partial charge is 0.340 e. The van der Waals surface area contributed by atoms with Crippen molar-refractivity contribution in [3.8, 4) is 0 Å². The van der Waals surface area contributed by atoms with E-state index in [1.165, 1.54) is 4.57 Å². The molecule has 0 aliphatic carbocycles. The van der Waals surface area contributed by atoms with Crippen LogP contribution in [-0.2, 0) is 17.9 Å². The standard InChI is InChI=1S/C16H17BrN2O2/c1-12-6-5-9-19(16(12)21)11-15(20)18(2)10-13-7-3-4-8-14(13)17/h3-9H,10-11H2,1-2H3. The number of hydrogen-bond donors (Lipinski definition) is 0. The number of hydrogen-bond acceptors (Lipinski definition) is 2. The Kier molecular flexibility index (Phi) is 4.96. The first-order valence-corrected chi connectivity index (χ1v) is 7.42. The highest BCUT2D eigenvalue weighted by atomic mass is 79.9. The fourth-order valence-corrected chi connectivity index (χ4v) is 2.43. The van der Waals surface area contributed by atoms with Gasteiger partial charge in [0.15, 0.2) is 0 Å². The van der Waals surface area contributed by atoms with Gasteiger partial charge in [0.2, 0.25) is 5.91 Å². The van der Waals surface area contributed by atoms with Crippen LogP contribution in [0, 0.1) is 6.92 Å². The van der Waals surface area contributed by atoms with E-state index >= 15 is 0 Å². The van der Waals surface area contributed by atoms with Crippen LogP contribution in [0.25, 0.3) is 0 Å². The van der Waals surface area contributed by atoms with E-state index in [4.69, 9.17) is 0 Å². The molecule has 0 saturated carbocycles. The van der Waals surface area contributed by atoms with Crippen molar-refractivity contribution in [2.24, 2.45) is 0 Å². The summed E-state index contributed by atoms with van der Waals surface area (Å²) in [6.07, 6.45) is 1.64. The highest BCUT2D eigenvalue weighted by Crippen LogP contribution is 2.17. The van der Waals surface area contributed by atoms with E-state index in [-0.39, 0.29) is 18.0 Å². The summed E-state index contributed by atoms with van der Waals surface area (Å²) in [7, 11) is 1.74. The summed E-state index contributed by atoms with van der Waals surface area (Å²) in [5.41, 5.74) is 1.55. The molecule has 1 aromatic carbocycles. The van der Waals surface area contributed by atoms with Crippen molar-refractivity contribution in [3.63, 3.8) is 0 Å². The van der Waals surface area contributed by atoms with Crippen molar-refractivity contribution < 1.29 is 4.79 Å². The molecule has 0 aliphatic heterocycles. The van der Waals surface area contributed by atoms with Crippen molar-refractivity contribution in [3.05, 3.63) is 68.5 Å². The minimum Gasteiger partial charge on any atom is -0.340 e. The predicted molar refractivity (Wildman–Crippen MR) is 86.1 cm³/mol. The Balaban J connectivity index is 2.08. The van der Waals surface area contributed by atoms with E-state index in [0.29, 0.717) is 12.1 Å². The molecule has 0 aliphatic rings. The number of nitrogens with zero attached hydrogens (tertiary/aromatic N) is 2. The molecule has 0 fully saturated rings. The molecule has 4 nitrogen and oxygen atoms in total. The van der Waals surface area contributed by atoms with Crippen LogP contribution in [0.3, 0.4) is 0 Å². The van der Waals surface area contributed by atoms with Gasteiger partial charge in [0.25, 0.3) is 5.56 Å². The number of pyridine rings is 1. The molecule has 2 rings (SSSR count). The molecular formula is C16H17BrN2O2. The number of likely N-dealkylation sites (N-methyl/N-ethyl adjacent to an activating group) is 1. The summed E-state index contributed by atoms with van der Waals surface area (Å²) in [6.45, 7) is 2.30. The van der Waals surface area contributed by atoms with Crippen molar-refractivity contribution in [2.75, 3.05) is 7.05 Å². The van der Waals surface area contributed by atoms with Crippen LogP contribution in [0.4, 0.5) is 0 Å². The Hall–Kier alpha value is -1.88. The number of benzene rings is 1. The summed E-state index contributed by atoms with van der Waals surface area (Å²) in [5, 5.41) is 0. The summed E-state index contributed by atoms with van der Waals surface area (Å²) < 4.78 is 2.41. The van der Waals surface area contributed by atoms with Gasteiger partial charge in [0.05, 0.1) is 0 Å². The molecule has 2 aromatic rings. The van der Waals surface area contributed by atoms with Crippen molar-refractivity contribution in [1.82, 2.24) is 9.47 Å². The lowest BCUT2D eigenvalue weighted by Crippen LogP contribution is -2.33. The first-order chi connectivity index (χ1) is 9.99. The maximum Gasteiger partial charge on any atom is 0.253 e. The molecule has 0 N–H and O–H groups in total. The first kappa shape index (κ1) is 15.5. The van der Waals surface area contributed by atoms with Crippen LogP contribution in [0.5, 0.6) is 0 Å².